The fourth-order valence-corrected chi connectivity index (χ4v) is 9.87. The molecule has 9 heteroatoms. The van der Waals surface area contributed by atoms with E-state index >= 15 is 0 Å². The summed E-state index contributed by atoms with van der Waals surface area (Å²) in [7, 11) is 0. The second-order valence-corrected chi connectivity index (χ2v) is 16.5. The van der Waals surface area contributed by atoms with Crippen molar-refractivity contribution in [3.63, 3.8) is 0 Å². The Bertz CT molecular complexity index is 1390. The maximum Gasteiger partial charge on any atom is 0.142 e. The molecule has 1 aliphatic rings. The Morgan fingerprint density at radius 1 is 0.476 bits per heavy atom. The fourth-order valence-electron chi connectivity index (χ4n) is 6.49. The van der Waals surface area contributed by atoms with E-state index in [0.717, 1.165) is 78.9 Å². The van der Waals surface area contributed by atoms with Crippen molar-refractivity contribution in [3.05, 3.63) is 102 Å². The van der Waals surface area contributed by atoms with Crippen molar-refractivity contribution in [2.75, 3.05) is 0 Å². The van der Waals surface area contributed by atoms with Gasteiger partial charge >= 0.3 is 0 Å². The van der Waals surface area contributed by atoms with Crippen molar-refractivity contribution in [2.45, 2.75) is 62.2 Å². The van der Waals surface area contributed by atoms with Gasteiger partial charge in [0.1, 0.15) is 23.0 Å². The summed E-state index contributed by atoms with van der Waals surface area (Å²) < 4.78 is 3.20. The van der Waals surface area contributed by atoms with Crippen molar-refractivity contribution >= 4 is 103 Å². The van der Waals surface area contributed by atoms with Crippen LogP contribution in [0.15, 0.2) is 53.4 Å². The zero-order valence-electron chi connectivity index (χ0n) is 23.2. The molecule has 4 aromatic rings. The number of benzene rings is 4. The molecule has 0 aliphatic heterocycles. The van der Waals surface area contributed by atoms with Crippen molar-refractivity contribution in [1.29, 1.82) is 0 Å². The standard InChI is InChI=1S/C33H30I4O4S/c1-16-8-19(11-23(34)28(16)38)32(20-9-17(2)29(39)24(35)12-20)4-6-33(7-5-32,21-10-18(3)30(40)25(36)13-21)22-14-26(37)31(41)27(42)15-22/h8-15,38-42H,4-7H2,1-3H3. The molecule has 0 aromatic heterocycles. The van der Waals surface area contributed by atoms with E-state index in [9.17, 15) is 20.4 Å². The van der Waals surface area contributed by atoms with E-state index in [1.165, 1.54) is 0 Å². The molecule has 5 rings (SSSR count). The molecule has 0 bridgehead atoms. The Balaban J connectivity index is 1.75. The second kappa shape index (κ2) is 12.3. The van der Waals surface area contributed by atoms with Crippen molar-refractivity contribution in [2.24, 2.45) is 0 Å². The van der Waals surface area contributed by atoms with Crippen molar-refractivity contribution < 1.29 is 20.4 Å². The quantitative estimate of drug-likeness (QED) is 0.104. The predicted octanol–water partition coefficient (Wildman–Crippen LogP) is 9.99. The summed E-state index contributed by atoms with van der Waals surface area (Å²) in [6.07, 6.45) is 3.22. The third-order valence-corrected chi connectivity index (χ3v) is 12.6. The summed E-state index contributed by atoms with van der Waals surface area (Å²) in [6.45, 7) is 5.83. The summed E-state index contributed by atoms with van der Waals surface area (Å²) in [5.41, 5.74) is 6.32. The van der Waals surface area contributed by atoms with Gasteiger partial charge in [-0.3, -0.25) is 0 Å². The average molecular weight is 1030 g/mol. The van der Waals surface area contributed by atoms with E-state index in [0.29, 0.717) is 22.1 Å². The molecular formula is C33H30I4O4S. The molecule has 4 nitrogen and oxygen atoms in total. The maximum atomic E-state index is 10.6. The molecule has 4 N–H and O–H groups in total. The molecule has 0 amide bonds. The lowest BCUT2D eigenvalue weighted by atomic mass is 9.55. The molecular weight excluding hydrogens is 1000 g/mol. The monoisotopic (exact) mass is 1030 g/mol. The van der Waals surface area contributed by atoms with Crippen LogP contribution < -0.4 is 0 Å². The van der Waals surface area contributed by atoms with Crippen LogP contribution in [-0.4, -0.2) is 20.4 Å². The van der Waals surface area contributed by atoms with E-state index in [4.69, 9.17) is 0 Å². The van der Waals surface area contributed by atoms with Gasteiger partial charge in [-0.1, -0.05) is 18.2 Å². The van der Waals surface area contributed by atoms with E-state index in [1.807, 2.05) is 26.8 Å². The number of aryl methyl sites for hydroxylation is 3. The maximum absolute atomic E-state index is 10.6. The summed E-state index contributed by atoms with van der Waals surface area (Å²) in [4.78, 5) is 0.547. The minimum absolute atomic E-state index is 0.183. The van der Waals surface area contributed by atoms with Gasteiger partial charge in [0.15, 0.2) is 0 Å². The van der Waals surface area contributed by atoms with Gasteiger partial charge in [0.05, 0.1) is 14.3 Å². The molecule has 4 aromatic carbocycles. The van der Waals surface area contributed by atoms with Gasteiger partial charge in [-0.2, -0.15) is 0 Å². The molecule has 0 spiro atoms. The van der Waals surface area contributed by atoms with Crippen LogP contribution in [0.4, 0.5) is 0 Å². The van der Waals surface area contributed by atoms with Crippen LogP contribution in [0.5, 0.6) is 23.0 Å². The number of phenols is 4. The smallest absolute Gasteiger partial charge is 0.142 e. The van der Waals surface area contributed by atoms with Gasteiger partial charge in [-0.15, -0.1) is 12.6 Å². The minimum atomic E-state index is -0.384. The van der Waals surface area contributed by atoms with E-state index in [-0.39, 0.29) is 16.6 Å². The number of thiol groups is 1. The van der Waals surface area contributed by atoms with Crippen molar-refractivity contribution in [1.82, 2.24) is 0 Å². The minimum Gasteiger partial charge on any atom is -0.507 e. The SMILES string of the molecule is Cc1cc(C2(c3cc(C)c(O)c(I)c3)CCC(c3cc(C)c(O)c(I)c3)(c3cc(S)c(O)c(I)c3)CC2)cc(I)c1O. The molecule has 220 valence electrons. The van der Waals surface area contributed by atoms with Crippen LogP contribution in [-0.2, 0) is 10.8 Å². The first-order valence-corrected chi connectivity index (χ1v) is 18.2. The summed E-state index contributed by atoms with van der Waals surface area (Å²) in [5.74, 6) is 1.11. The number of phenolic OH excluding ortho intramolecular Hbond substituents is 4. The number of hydrogen-bond donors (Lipinski definition) is 5. The first-order chi connectivity index (χ1) is 19.7. The van der Waals surface area contributed by atoms with Crippen LogP contribution >= 0.6 is 103 Å². The molecule has 42 heavy (non-hydrogen) atoms. The zero-order chi connectivity index (χ0) is 30.7. The second-order valence-electron chi connectivity index (χ2n) is 11.4. The lowest BCUT2D eigenvalue weighted by Crippen LogP contribution is -2.41. The molecule has 0 atom stereocenters. The van der Waals surface area contributed by atoms with Crippen LogP contribution in [0.2, 0.25) is 0 Å². The Kier molecular flexibility index (Phi) is 9.57. The van der Waals surface area contributed by atoms with Crippen LogP contribution in [0, 0.1) is 35.1 Å². The van der Waals surface area contributed by atoms with E-state index < -0.39 is 0 Å². The normalized spacial score (nSPS) is 16.0. The highest BCUT2D eigenvalue weighted by molar-refractivity contribution is 14.1. The Hall–Kier alpha value is -0.650. The van der Waals surface area contributed by atoms with Gasteiger partial charge in [-0.05, 0) is 206 Å². The van der Waals surface area contributed by atoms with Crippen LogP contribution in [0.3, 0.4) is 0 Å². The molecule has 1 aliphatic carbocycles. The van der Waals surface area contributed by atoms with E-state index in [1.54, 1.807) is 0 Å². The van der Waals surface area contributed by atoms with Crippen LogP contribution in [0.25, 0.3) is 0 Å². The van der Waals surface area contributed by atoms with Gasteiger partial charge in [0, 0.05) is 15.7 Å². The van der Waals surface area contributed by atoms with Gasteiger partial charge < -0.3 is 20.4 Å². The third-order valence-electron chi connectivity index (χ3n) is 8.97. The zero-order valence-corrected chi connectivity index (χ0v) is 32.7. The van der Waals surface area contributed by atoms with Crippen LogP contribution in [0.1, 0.15) is 64.6 Å². The molecule has 1 fully saturated rings. The largest absolute Gasteiger partial charge is 0.507 e. The number of halogens is 4. The first kappa shape index (κ1) is 32.7. The average Bonchev–Trinajstić information content (AvgIpc) is 2.95. The number of aromatic hydroxyl groups is 4. The van der Waals surface area contributed by atoms with Gasteiger partial charge in [0.25, 0.3) is 0 Å². The Morgan fingerprint density at radius 2 is 0.738 bits per heavy atom. The highest BCUT2D eigenvalue weighted by Gasteiger charge is 2.47. The van der Waals surface area contributed by atoms with Gasteiger partial charge in [-0.25, -0.2) is 0 Å². The summed E-state index contributed by atoms with van der Waals surface area (Å²) in [5, 5.41) is 42.5. The summed E-state index contributed by atoms with van der Waals surface area (Å²) >= 11 is 13.4. The highest BCUT2D eigenvalue weighted by atomic mass is 127. The lowest BCUT2D eigenvalue weighted by molar-refractivity contribution is 0.255. The molecule has 0 unspecified atom stereocenters. The molecule has 0 heterocycles. The fraction of sp³-hybridized carbons (Fsp3) is 0.273. The molecule has 1 saturated carbocycles. The topological polar surface area (TPSA) is 80.9 Å². The van der Waals surface area contributed by atoms with Gasteiger partial charge in [0.2, 0.25) is 0 Å². The lowest BCUT2D eigenvalue weighted by Gasteiger charge is -2.48. The van der Waals surface area contributed by atoms with Crippen molar-refractivity contribution in [3.8, 4) is 23.0 Å². The number of hydrogen-bond acceptors (Lipinski definition) is 5. The first-order valence-electron chi connectivity index (χ1n) is 13.4. The summed E-state index contributed by atoms with van der Waals surface area (Å²) in [6, 6.07) is 16.7. The Labute approximate surface area is 306 Å². The molecule has 0 saturated heterocycles. The number of rotatable bonds is 4. The third kappa shape index (κ3) is 5.63. The van der Waals surface area contributed by atoms with E-state index in [2.05, 4.69) is 145 Å². The highest BCUT2D eigenvalue weighted by Crippen LogP contribution is 2.56. The Morgan fingerprint density at radius 3 is 1.00 bits per heavy atom. The predicted molar refractivity (Wildman–Crippen MR) is 205 cm³/mol. The molecule has 0 radical (unpaired) electrons.